The van der Waals surface area contributed by atoms with Gasteiger partial charge in [0.1, 0.15) is 5.76 Å². The number of amides is 2. The van der Waals surface area contributed by atoms with Crippen LogP contribution < -0.4 is 5.73 Å². The van der Waals surface area contributed by atoms with Crippen LogP contribution in [0.3, 0.4) is 0 Å². The molecule has 6 nitrogen and oxygen atoms in total. The van der Waals surface area contributed by atoms with E-state index >= 15 is 0 Å². The molecule has 1 aromatic heterocycles. The second kappa shape index (κ2) is 7.19. The number of rotatable bonds is 3. The van der Waals surface area contributed by atoms with Crippen LogP contribution in [0.2, 0.25) is 0 Å². The van der Waals surface area contributed by atoms with Crippen molar-refractivity contribution < 1.29 is 18.7 Å². The van der Waals surface area contributed by atoms with Gasteiger partial charge in [-0.2, -0.15) is 0 Å². The molecule has 1 aromatic carbocycles. The van der Waals surface area contributed by atoms with E-state index in [1.807, 2.05) is 29.2 Å². The van der Waals surface area contributed by atoms with E-state index in [2.05, 4.69) is 0 Å². The van der Waals surface area contributed by atoms with Gasteiger partial charge in [0.05, 0.1) is 0 Å². The SMILES string of the molecule is NC(=O)c1ccc(-c2ccc(C(=O)N3CCCC4(CCOCC4)C3)cc2)o1. The molecule has 2 amide bonds. The number of primary amides is 1. The third kappa shape index (κ3) is 3.62. The van der Waals surface area contributed by atoms with Crippen LogP contribution in [0.1, 0.15) is 46.6 Å². The van der Waals surface area contributed by atoms with Crippen LogP contribution in [0.5, 0.6) is 0 Å². The van der Waals surface area contributed by atoms with Gasteiger partial charge in [0, 0.05) is 37.4 Å². The van der Waals surface area contributed by atoms with Gasteiger partial charge in [-0.3, -0.25) is 9.59 Å². The largest absolute Gasteiger partial charge is 0.451 e. The van der Waals surface area contributed by atoms with Crippen molar-refractivity contribution >= 4 is 11.8 Å². The average molecular weight is 368 g/mol. The smallest absolute Gasteiger partial charge is 0.284 e. The number of ether oxygens (including phenoxy) is 1. The molecule has 2 saturated heterocycles. The van der Waals surface area contributed by atoms with Crippen molar-refractivity contribution in [1.82, 2.24) is 4.90 Å². The lowest BCUT2D eigenvalue weighted by atomic mass is 9.74. The first-order chi connectivity index (χ1) is 13.1. The predicted octanol–water partition coefficient (Wildman–Crippen LogP) is 3.08. The molecule has 142 valence electrons. The van der Waals surface area contributed by atoms with Crippen molar-refractivity contribution in [2.45, 2.75) is 25.7 Å². The minimum atomic E-state index is -0.597. The number of piperidine rings is 1. The number of carbonyl (C=O) groups is 2. The Morgan fingerprint density at radius 2 is 1.74 bits per heavy atom. The molecule has 0 radical (unpaired) electrons. The summed E-state index contributed by atoms with van der Waals surface area (Å²) in [7, 11) is 0. The number of likely N-dealkylation sites (tertiary alicyclic amines) is 1. The molecule has 4 rings (SSSR count). The van der Waals surface area contributed by atoms with E-state index in [4.69, 9.17) is 14.9 Å². The Morgan fingerprint density at radius 3 is 2.41 bits per heavy atom. The maximum atomic E-state index is 13.0. The molecule has 1 spiro atoms. The lowest BCUT2D eigenvalue weighted by Crippen LogP contribution is -2.48. The van der Waals surface area contributed by atoms with E-state index in [1.165, 1.54) is 6.42 Å². The monoisotopic (exact) mass is 368 g/mol. The van der Waals surface area contributed by atoms with Crippen LogP contribution in [-0.4, -0.2) is 43.0 Å². The Morgan fingerprint density at radius 1 is 1.00 bits per heavy atom. The molecule has 27 heavy (non-hydrogen) atoms. The van der Waals surface area contributed by atoms with E-state index in [0.29, 0.717) is 11.3 Å². The molecule has 2 aromatic rings. The van der Waals surface area contributed by atoms with Crippen molar-refractivity contribution in [2.75, 3.05) is 26.3 Å². The van der Waals surface area contributed by atoms with Gasteiger partial charge in [-0.1, -0.05) is 12.1 Å². The molecule has 0 atom stereocenters. The van der Waals surface area contributed by atoms with Gasteiger partial charge in [0.25, 0.3) is 11.8 Å². The number of nitrogens with zero attached hydrogens (tertiary/aromatic N) is 1. The standard InChI is InChI=1S/C21H24N2O4/c22-19(24)18-7-6-17(27-18)15-2-4-16(5-3-15)20(25)23-11-1-8-21(14-23)9-12-26-13-10-21/h2-7H,1,8-14H2,(H2,22,24). The summed E-state index contributed by atoms with van der Waals surface area (Å²) in [6.07, 6.45) is 4.30. The Balaban J connectivity index is 1.48. The normalized spacial score (nSPS) is 19.2. The fourth-order valence-electron chi connectivity index (χ4n) is 4.18. The summed E-state index contributed by atoms with van der Waals surface area (Å²) < 4.78 is 10.9. The summed E-state index contributed by atoms with van der Waals surface area (Å²) in [5.41, 5.74) is 6.92. The summed E-state index contributed by atoms with van der Waals surface area (Å²) >= 11 is 0. The van der Waals surface area contributed by atoms with Gasteiger partial charge in [-0.15, -0.1) is 0 Å². The summed E-state index contributed by atoms with van der Waals surface area (Å²) in [5.74, 6) is 0.159. The summed E-state index contributed by atoms with van der Waals surface area (Å²) in [4.78, 5) is 26.1. The molecule has 0 unspecified atom stereocenters. The van der Waals surface area contributed by atoms with Crippen LogP contribution in [0.15, 0.2) is 40.8 Å². The van der Waals surface area contributed by atoms with Crippen molar-refractivity contribution in [3.63, 3.8) is 0 Å². The van der Waals surface area contributed by atoms with Gasteiger partial charge in [0.2, 0.25) is 0 Å². The van der Waals surface area contributed by atoms with E-state index in [0.717, 1.165) is 51.1 Å². The zero-order valence-electron chi connectivity index (χ0n) is 15.3. The Labute approximate surface area is 158 Å². The molecule has 0 bridgehead atoms. The maximum Gasteiger partial charge on any atom is 0.284 e. The van der Waals surface area contributed by atoms with Crippen molar-refractivity contribution in [3.8, 4) is 11.3 Å². The van der Waals surface area contributed by atoms with Gasteiger partial charge in [-0.25, -0.2) is 0 Å². The number of nitrogens with two attached hydrogens (primary N) is 1. The molecule has 2 aliphatic rings. The lowest BCUT2D eigenvalue weighted by molar-refractivity contribution is -0.0229. The molecule has 0 aliphatic carbocycles. The van der Waals surface area contributed by atoms with Crippen molar-refractivity contribution in [3.05, 3.63) is 47.7 Å². The van der Waals surface area contributed by atoms with Gasteiger partial charge in [-0.05, 0) is 55.4 Å². The maximum absolute atomic E-state index is 13.0. The van der Waals surface area contributed by atoms with Crippen LogP contribution in [0, 0.1) is 5.41 Å². The summed E-state index contributed by atoms with van der Waals surface area (Å²) in [6, 6.07) is 10.6. The molecule has 2 aliphatic heterocycles. The third-order valence-electron chi connectivity index (χ3n) is 5.77. The number of benzene rings is 1. The Kier molecular flexibility index (Phi) is 4.74. The van der Waals surface area contributed by atoms with Gasteiger partial charge in [0.15, 0.2) is 5.76 Å². The lowest BCUT2D eigenvalue weighted by Gasteiger charge is -2.45. The first-order valence-electron chi connectivity index (χ1n) is 9.43. The second-order valence-corrected chi connectivity index (χ2v) is 7.55. The van der Waals surface area contributed by atoms with Crippen LogP contribution >= 0.6 is 0 Å². The Hall–Kier alpha value is -2.60. The molecule has 3 heterocycles. The molecular formula is C21H24N2O4. The highest BCUT2D eigenvalue weighted by Gasteiger charge is 2.38. The molecule has 2 N–H and O–H groups in total. The van der Waals surface area contributed by atoms with Crippen LogP contribution in [-0.2, 0) is 4.74 Å². The van der Waals surface area contributed by atoms with E-state index < -0.39 is 5.91 Å². The van der Waals surface area contributed by atoms with E-state index in [9.17, 15) is 9.59 Å². The zero-order chi connectivity index (χ0) is 18.9. The van der Waals surface area contributed by atoms with Gasteiger partial charge >= 0.3 is 0 Å². The number of hydrogen-bond acceptors (Lipinski definition) is 4. The minimum Gasteiger partial charge on any atom is -0.451 e. The first-order valence-corrected chi connectivity index (χ1v) is 9.43. The predicted molar refractivity (Wildman–Crippen MR) is 100 cm³/mol. The van der Waals surface area contributed by atoms with Gasteiger partial charge < -0.3 is 19.8 Å². The second-order valence-electron chi connectivity index (χ2n) is 7.55. The fraction of sp³-hybridized carbons (Fsp3) is 0.429. The molecular weight excluding hydrogens is 344 g/mol. The summed E-state index contributed by atoms with van der Waals surface area (Å²) in [6.45, 7) is 3.22. The number of hydrogen-bond donors (Lipinski definition) is 1. The molecule has 6 heteroatoms. The fourth-order valence-corrected chi connectivity index (χ4v) is 4.18. The highest BCUT2D eigenvalue weighted by molar-refractivity contribution is 5.95. The topological polar surface area (TPSA) is 85.8 Å². The number of carbonyl (C=O) groups excluding carboxylic acids is 2. The van der Waals surface area contributed by atoms with Crippen molar-refractivity contribution in [2.24, 2.45) is 11.1 Å². The highest BCUT2D eigenvalue weighted by Crippen LogP contribution is 2.39. The van der Waals surface area contributed by atoms with Crippen LogP contribution in [0.25, 0.3) is 11.3 Å². The quantitative estimate of drug-likeness (QED) is 0.902. The highest BCUT2D eigenvalue weighted by atomic mass is 16.5. The van der Waals surface area contributed by atoms with E-state index in [-0.39, 0.29) is 17.1 Å². The minimum absolute atomic E-state index is 0.0735. The molecule has 2 fully saturated rings. The summed E-state index contributed by atoms with van der Waals surface area (Å²) in [5, 5.41) is 0. The first kappa shape index (κ1) is 17.8. The van der Waals surface area contributed by atoms with Crippen LogP contribution in [0.4, 0.5) is 0 Å². The Bertz CT molecular complexity index is 829. The van der Waals surface area contributed by atoms with E-state index in [1.54, 1.807) is 12.1 Å². The zero-order valence-corrected chi connectivity index (χ0v) is 15.3. The number of furan rings is 1. The third-order valence-corrected chi connectivity index (χ3v) is 5.77. The average Bonchev–Trinajstić information content (AvgIpc) is 3.19. The van der Waals surface area contributed by atoms with Crippen molar-refractivity contribution in [1.29, 1.82) is 0 Å². The molecule has 0 saturated carbocycles.